The zero-order valence-corrected chi connectivity index (χ0v) is 12.3. The van der Waals surface area contributed by atoms with Gasteiger partial charge in [0.15, 0.2) is 0 Å². The van der Waals surface area contributed by atoms with Crippen LogP contribution in [0.4, 0.5) is 0 Å². The van der Waals surface area contributed by atoms with E-state index in [1.165, 1.54) is 19.3 Å². The second kappa shape index (κ2) is 6.68. The molecule has 0 aliphatic carbocycles. The molecular weight excluding hydrogens is 240 g/mol. The zero-order valence-electron chi connectivity index (χ0n) is 12.3. The molecule has 3 atom stereocenters. The molecule has 0 saturated carbocycles. The Labute approximate surface area is 116 Å². The molecule has 5 nitrogen and oxygen atoms in total. The van der Waals surface area contributed by atoms with Gasteiger partial charge in [0.05, 0.1) is 0 Å². The third-order valence-electron chi connectivity index (χ3n) is 4.76. The van der Waals surface area contributed by atoms with Crippen LogP contribution in [0.25, 0.3) is 0 Å². The number of nitrogens with two attached hydrogens (primary N) is 1. The molecule has 1 amide bonds. The molecule has 0 aromatic rings. The Morgan fingerprint density at radius 3 is 2.79 bits per heavy atom. The number of nitrogens with one attached hydrogen (secondary N) is 1. The highest BCUT2D eigenvalue weighted by Crippen LogP contribution is 2.29. The van der Waals surface area contributed by atoms with Gasteiger partial charge in [0.1, 0.15) is 0 Å². The van der Waals surface area contributed by atoms with Crippen molar-refractivity contribution in [2.24, 2.45) is 5.73 Å². The molecule has 0 aromatic heterocycles. The van der Waals surface area contributed by atoms with Crippen molar-refractivity contribution in [1.29, 1.82) is 0 Å². The van der Waals surface area contributed by atoms with Crippen LogP contribution in [0, 0.1) is 0 Å². The van der Waals surface area contributed by atoms with Gasteiger partial charge in [-0.05, 0) is 33.2 Å². The summed E-state index contributed by atoms with van der Waals surface area (Å²) in [5, 5.41) is 2.88. The van der Waals surface area contributed by atoms with Gasteiger partial charge >= 0.3 is 0 Å². The molecule has 0 aromatic carbocycles. The first-order valence-electron chi connectivity index (χ1n) is 7.58. The van der Waals surface area contributed by atoms with Gasteiger partial charge in [-0.1, -0.05) is 0 Å². The van der Waals surface area contributed by atoms with Crippen molar-refractivity contribution in [3.05, 3.63) is 0 Å². The monoisotopic (exact) mass is 268 g/mol. The summed E-state index contributed by atoms with van der Waals surface area (Å²) in [6, 6.07) is 1.58. The molecule has 2 aliphatic heterocycles. The van der Waals surface area contributed by atoms with Crippen LogP contribution in [0.1, 0.15) is 32.6 Å². The van der Waals surface area contributed by atoms with E-state index in [2.05, 4.69) is 22.2 Å². The van der Waals surface area contributed by atoms with Crippen LogP contribution in [0.3, 0.4) is 0 Å². The van der Waals surface area contributed by atoms with Gasteiger partial charge in [0.25, 0.3) is 0 Å². The first kappa shape index (κ1) is 14.8. The largest absolute Gasteiger partial charge is 0.356 e. The van der Waals surface area contributed by atoms with E-state index in [0.29, 0.717) is 25.6 Å². The molecule has 2 bridgehead atoms. The van der Waals surface area contributed by atoms with E-state index >= 15 is 0 Å². The highest BCUT2D eigenvalue weighted by molar-refractivity contribution is 5.76. The number of likely N-dealkylation sites (tertiary alicyclic amines) is 1. The van der Waals surface area contributed by atoms with Crippen molar-refractivity contribution in [3.8, 4) is 0 Å². The van der Waals surface area contributed by atoms with Gasteiger partial charge in [-0.3, -0.25) is 14.6 Å². The molecular formula is C14H28N4O. The second-order valence-corrected chi connectivity index (χ2v) is 5.88. The predicted molar refractivity (Wildman–Crippen MR) is 76.9 cm³/mol. The Morgan fingerprint density at radius 1 is 1.37 bits per heavy atom. The van der Waals surface area contributed by atoms with Crippen molar-refractivity contribution in [1.82, 2.24) is 15.1 Å². The Morgan fingerprint density at radius 2 is 2.11 bits per heavy atom. The summed E-state index contributed by atoms with van der Waals surface area (Å²) < 4.78 is 0. The Kier molecular flexibility index (Phi) is 5.19. The first-order chi connectivity index (χ1) is 9.15. The summed E-state index contributed by atoms with van der Waals surface area (Å²) in [6.45, 7) is 5.36. The SMILES string of the molecule is CCNC(=O)CC(CN)N1CCC2CCC(C1)N2C. The fraction of sp³-hybridized carbons (Fsp3) is 0.929. The molecule has 3 unspecified atom stereocenters. The lowest BCUT2D eigenvalue weighted by atomic mass is 10.1. The standard InChI is InChI=1S/C14H28N4O/c1-3-16-14(19)8-13(9-15)18-7-6-11-4-5-12(10-18)17(11)2/h11-13H,3-10,15H2,1-2H3,(H,16,19). The molecule has 3 N–H and O–H groups in total. The van der Waals surface area contributed by atoms with E-state index in [-0.39, 0.29) is 11.9 Å². The number of likely N-dealkylation sites (N-methyl/N-ethyl adjacent to an activating group) is 1. The first-order valence-corrected chi connectivity index (χ1v) is 7.58. The minimum absolute atomic E-state index is 0.126. The molecule has 2 heterocycles. The quantitative estimate of drug-likeness (QED) is 0.737. The number of carbonyl (C=O) groups excluding carboxylic acids is 1. The van der Waals surface area contributed by atoms with Crippen LogP contribution in [0.15, 0.2) is 0 Å². The number of hydrogen-bond acceptors (Lipinski definition) is 4. The van der Waals surface area contributed by atoms with Crippen molar-refractivity contribution in [2.45, 2.75) is 50.7 Å². The Hall–Kier alpha value is -0.650. The number of nitrogens with zero attached hydrogens (tertiary/aromatic N) is 2. The van der Waals surface area contributed by atoms with Crippen molar-refractivity contribution in [2.75, 3.05) is 33.2 Å². The van der Waals surface area contributed by atoms with Crippen molar-refractivity contribution >= 4 is 5.91 Å². The summed E-state index contributed by atoms with van der Waals surface area (Å²) in [6.07, 6.45) is 4.36. The number of carbonyl (C=O) groups is 1. The van der Waals surface area contributed by atoms with Crippen molar-refractivity contribution in [3.63, 3.8) is 0 Å². The lowest BCUT2D eigenvalue weighted by molar-refractivity contribution is -0.122. The van der Waals surface area contributed by atoms with E-state index in [4.69, 9.17) is 5.73 Å². The molecule has 0 spiro atoms. The third-order valence-corrected chi connectivity index (χ3v) is 4.76. The van der Waals surface area contributed by atoms with Gasteiger partial charge in [-0.25, -0.2) is 0 Å². The summed E-state index contributed by atoms with van der Waals surface area (Å²) in [5.74, 6) is 0.126. The molecule has 2 fully saturated rings. The van der Waals surface area contributed by atoms with E-state index in [1.54, 1.807) is 0 Å². The Balaban J connectivity index is 1.93. The van der Waals surface area contributed by atoms with Crippen LogP contribution >= 0.6 is 0 Å². The second-order valence-electron chi connectivity index (χ2n) is 5.88. The molecule has 19 heavy (non-hydrogen) atoms. The van der Waals surface area contributed by atoms with E-state index in [1.807, 2.05) is 6.92 Å². The van der Waals surface area contributed by atoms with Crippen LogP contribution in [-0.4, -0.2) is 67.1 Å². The number of rotatable bonds is 5. The lowest BCUT2D eigenvalue weighted by Gasteiger charge is -2.32. The smallest absolute Gasteiger partial charge is 0.221 e. The van der Waals surface area contributed by atoms with Crippen molar-refractivity contribution < 1.29 is 4.79 Å². The molecule has 110 valence electrons. The molecule has 2 saturated heterocycles. The van der Waals surface area contributed by atoms with Crippen LogP contribution in [-0.2, 0) is 4.79 Å². The van der Waals surface area contributed by atoms with Crippen LogP contribution < -0.4 is 11.1 Å². The van der Waals surface area contributed by atoms with Gasteiger partial charge < -0.3 is 11.1 Å². The molecule has 2 aliphatic rings. The normalized spacial score (nSPS) is 30.1. The minimum Gasteiger partial charge on any atom is -0.356 e. The molecule has 0 radical (unpaired) electrons. The maximum absolute atomic E-state index is 11.8. The van der Waals surface area contributed by atoms with E-state index in [9.17, 15) is 4.79 Å². The fourth-order valence-electron chi connectivity index (χ4n) is 3.51. The van der Waals surface area contributed by atoms with Gasteiger partial charge in [0.2, 0.25) is 5.91 Å². The summed E-state index contributed by atoms with van der Waals surface area (Å²) >= 11 is 0. The summed E-state index contributed by atoms with van der Waals surface area (Å²) in [4.78, 5) is 16.7. The third kappa shape index (κ3) is 3.46. The maximum atomic E-state index is 11.8. The predicted octanol–water partition coefficient (Wildman–Crippen LogP) is 0.00840. The average molecular weight is 268 g/mol. The molecule has 2 rings (SSSR count). The van der Waals surface area contributed by atoms with Crippen LogP contribution in [0.5, 0.6) is 0 Å². The van der Waals surface area contributed by atoms with Gasteiger partial charge in [-0.15, -0.1) is 0 Å². The molecule has 5 heteroatoms. The number of amides is 1. The zero-order chi connectivity index (χ0) is 13.8. The summed E-state index contributed by atoms with van der Waals surface area (Å²) in [7, 11) is 2.24. The highest BCUT2D eigenvalue weighted by atomic mass is 16.1. The fourth-order valence-corrected chi connectivity index (χ4v) is 3.51. The maximum Gasteiger partial charge on any atom is 0.221 e. The summed E-state index contributed by atoms with van der Waals surface area (Å²) in [5.41, 5.74) is 5.90. The Bertz CT molecular complexity index is 310. The van der Waals surface area contributed by atoms with Crippen LogP contribution in [0.2, 0.25) is 0 Å². The van der Waals surface area contributed by atoms with E-state index in [0.717, 1.165) is 19.1 Å². The lowest BCUT2D eigenvalue weighted by Crippen LogP contribution is -2.47. The topological polar surface area (TPSA) is 61.6 Å². The van der Waals surface area contributed by atoms with Gasteiger partial charge in [-0.2, -0.15) is 0 Å². The van der Waals surface area contributed by atoms with E-state index < -0.39 is 0 Å². The average Bonchev–Trinajstić information content (AvgIpc) is 2.61. The van der Waals surface area contributed by atoms with Gasteiger partial charge in [0, 0.05) is 50.7 Å². The highest BCUT2D eigenvalue weighted by Gasteiger charge is 2.36. The number of hydrogen-bond donors (Lipinski definition) is 2. The minimum atomic E-state index is 0.126. The number of fused-ring (bicyclic) bond motifs is 2.